The van der Waals surface area contributed by atoms with Crippen LogP contribution in [0.1, 0.15) is 48.0 Å². The van der Waals surface area contributed by atoms with Crippen molar-refractivity contribution < 1.29 is 9.59 Å². The van der Waals surface area contributed by atoms with E-state index in [1.807, 2.05) is 28.0 Å². The molecule has 2 fully saturated rings. The smallest absolute Gasteiger partial charge is 0.253 e. The molecule has 4 rings (SSSR count). The first-order valence-corrected chi connectivity index (χ1v) is 8.47. The maximum atomic E-state index is 12.6. The number of carbonyl (C=O) groups excluding carboxylic acids is 2. The van der Waals surface area contributed by atoms with E-state index in [0.29, 0.717) is 0 Å². The Morgan fingerprint density at radius 2 is 1.77 bits per heavy atom. The Balaban J connectivity index is 1.54. The Labute approximate surface area is 131 Å². The van der Waals surface area contributed by atoms with Gasteiger partial charge in [-0.1, -0.05) is 0 Å². The molecule has 1 aromatic rings. The van der Waals surface area contributed by atoms with Crippen molar-refractivity contribution in [2.24, 2.45) is 5.92 Å². The van der Waals surface area contributed by atoms with Crippen LogP contribution in [0.4, 0.5) is 5.69 Å². The van der Waals surface area contributed by atoms with E-state index in [-0.39, 0.29) is 17.7 Å². The molecule has 0 aromatic heterocycles. The van der Waals surface area contributed by atoms with Crippen molar-refractivity contribution >= 4 is 17.5 Å². The molecule has 1 aliphatic carbocycles. The number of anilines is 1. The first-order chi connectivity index (χ1) is 10.7. The molecule has 1 saturated carbocycles. The highest BCUT2D eigenvalue weighted by atomic mass is 16.2. The van der Waals surface area contributed by atoms with Gasteiger partial charge >= 0.3 is 0 Å². The van der Waals surface area contributed by atoms with Gasteiger partial charge in [-0.15, -0.1) is 0 Å². The molecule has 2 amide bonds. The van der Waals surface area contributed by atoms with Crippen molar-refractivity contribution in [1.29, 1.82) is 0 Å². The summed E-state index contributed by atoms with van der Waals surface area (Å²) in [6.07, 6.45) is 6.40. The lowest BCUT2D eigenvalue weighted by molar-refractivity contribution is -0.119. The number of nitrogens with zero attached hydrogens (tertiary/aromatic N) is 2. The Morgan fingerprint density at radius 3 is 2.50 bits per heavy atom. The lowest BCUT2D eigenvalue weighted by atomic mass is 10.1. The summed E-state index contributed by atoms with van der Waals surface area (Å²) in [6, 6.07) is 5.88. The van der Waals surface area contributed by atoms with Gasteiger partial charge in [-0.2, -0.15) is 0 Å². The van der Waals surface area contributed by atoms with Gasteiger partial charge in [0.15, 0.2) is 0 Å². The first kappa shape index (κ1) is 13.8. The number of likely N-dealkylation sites (tertiary alicyclic amines) is 1. The van der Waals surface area contributed by atoms with Crippen LogP contribution in [0.3, 0.4) is 0 Å². The van der Waals surface area contributed by atoms with E-state index < -0.39 is 0 Å². The highest BCUT2D eigenvalue weighted by Gasteiger charge is 2.36. The predicted octanol–water partition coefficient (Wildman–Crippen LogP) is 2.61. The molecule has 0 atom stereocenters. The normalized spacial score (nSPS) is 20.9. The van der Waals surface area contributed by atoms with Crippen molar-refractivity contribution in [2.45, 2.75) is 38.5 Å². The number of hydrogen-bond acceptors (Lipinski definition) is 2. The summed E-state index contributed by atoms with van der Waals surface area (Å²) >= 11 is 0. The molecule has 0 bridgehead atoms. The van der Waals surface area contributed by atoms with Gasteiger partial charge in [-0.25, -0.2) is 0 Å². The predicted molar refractivity (Wildman–Crippen MR) is 85.0 cm³/mol. The van der Waals surface area contributed by atoms with Crippen LogP contribution in [-0.2, 0) is 11.2 Å². The van der Waals surface area contributed by atoms with E-state index in [9.17, 15) is 9.59 Å². The third-order valence-corrected chi connectivity index (χ3v) is 5.06. The zero-order valence-corrected chi connectivity index (χ0v) is 12.9. The van der Waals surface area contributed by atoms with Crippen LogP contribution in [0.5, 0.6) is 0 Å². The van der Waals surface area contributed by atoms with Gasteiger partial charge in [-0.3, -0.25) is 9.59 Å². The topological polar surface area (TPSA) is 40.6 Å². The molecule has 22 heavy (non-hydrogen) atoms. The van der Waals surface area contributed by atoms with Crippen LogP contribution in [0, 0.1) is 5.92 Å². The number of hydrogen-bond donors (Lipinski definition) is 0. The van der Waals surface area contributed by atoms with E-state index >= 15 is 0 Å². The fraction of sp³-hybridized carbons (Fsp3) is 0.556. The van der Waals surface area contributed by atoms with Gasteiger partial charge in [0.2, 0.25) is 5.91 Å². The van der Waals surface area contributed by atoms with Crippen LogP contribution in [0.25, 0.3) is 0 Å². The highest BCUT2D eigenvalue weighted by molar-refractivity contribution is 6.00. The zero-order chi connectivity index (χ0) is 15.1. The van der Waals surface area contributed by atoms with Crippen molar-refractivity contribution in [3.05, 3.63) is 29.3 Å². The first-order valence-electron chi connectivity index (χ1n) is 8.47. The van der Waals surface area contributed by atoms with E-state index in [1.54, 1.807) is 0 Å². The second-order valence-corrected chi connectivity index (χ2v) is 6.71. The SMILES string of the molecule is O=C(c1ccc2c(c1)CCN2C(=O)C1CC1)N1CCCCC1. The number of amides is 2. The maximum absolute atomic E-state index is 12.6. The Hall–Kier alpha value is -1.84. The fourth-order valence-corrected chi connectivity index (χ4v) is 3.59. The number of benzene rings is 1. The van der Waals surface area contributed by atoms with E-state index in [4.69, 9.17) is 0 Å². The van der Waals surface area contributed by atoms with E-state index in [1.165, 1.54) is 6.42 Å². The Morgan fingerprint density at radius 1 is 1.00 bits per heavy atom. The molecule has 4 nitrogen and oxygen atoms in total. The molecule has 0 N–H and O–H groups in total. The maximum Gasteiger partial charge on any atom is 0.253 e. The third-order valence-electron chi connectivity index (χ3n) is 5.06. The van der Waals surface area contributed by atoms with Gasteiger partial charge in [0.25, 0.3) is 5.91 Å². The summed E-state index contributed by atoms with van der Waals surface area (Å²) in [6.45, 7) is 2.52. The summed E-state index contributed by atoms with van der Waals surface area (Å²) in [5, 5.41) is 0. The fourth-order valence-electron chi connectivity index (χ4n) is 3.59. The highest BCUT2D eigenvalue weighted by Crippen LogP contribution is 2.36. The van der Waals surface area contributed by atoms with Crippen molar-refractivity contribution in [3.63, 3.8) is 0 Å². The van der Waals surface area contributed by atoms with Crippen LogP contribution >= 0.6 is 0 Å². The second kappa shape index (κ2) is 5.41. The van der Waals surface area contributed by atoms with Gasteiger partial charge in [-0.05, 0) is 62.3 Å². The average molecular weight is 298 g/mol. The lowest BCUT2D eigenvalue weighted by Gasteiger charge is -2.27. The van der Waals surface area contributed by atoms with E-state index in [2.05, 4.69) is 0 Å². The minimum absolute atomic E-state index is 0.148. The minimum Gasteiger partial charge on any atom is -0.339 e. The third kappa shape index (κ3) is 2.40. The van der Waals surface area contributed by atoms with Crippen molar-refractivity contribution in [2.75, 3.05) is 24.5 Å². The zero-order valence-electron chi connectivity index (χ0n) is 12.9. The molecule has 2 heterocycles. The monoisotopic (exact) mass is 298 g/mol. The Kier molecular flexibility index (Phi) is 3.40. The molecule has 116 valence electrons. The molecule has 3 aliphatic rings. The molecule has 4 heteroatoms. The molecule has 0 unspecified atom stereocenters. The lowest BCUT2D eigenvalue weighted by Crippen LogP contribution is -2.35. The molecular formula is C18H22N2O2. The average Bonchev–Trinajstić information content (AvgIpc) is 3.33. The number of piperidine rings is 1. The van der Waals surface area contributed by atoms with Gasteiger partial charge < -0.3 is 9.80 Å². The number of fused-ring (bicyclic) bond motifs is 1. The molecular weight excluding hydrogens is 276 g/mol. The summed E-state index contributed by atoms with van der Waals surface area (Å²) in [4.78, 5) is 28.8. The standard InChI is InChI=1S/C18H22N2O2/c21-17(19-9-2-1-3-10-19)15-6-7-16-14(12-15)8-11-20(16)18(22)13-4-5-13/h6-7,12-13H,1-5,8-11H2. The van der Waals surface area contributed by atoms with E-state index in [0.717, 1.165) is 68.6 Å². The van der Waals surface area contributed by atoms with Crippen LogP contribution in [0.15, 0.2) is 18.2 Å². The largest absolute Gasteiger partial charge is 0.339 e. The van der Waals surface area contributed by atoms with Gasteiger partial charge in [0.1, 0.15) is 0 Å². The van der Waals surface area contributed by atoms with Crippen LogP contribution in [-0.4, -0.2) is 36.3 Å². The van der Waals surface area contributed by atoms with Crippen LogP contribution < -0.4 is 4.90 Å². The molecule has 0 spiro atoms. The summed E-state index contributed by atoms with van der Waals surface area (Å²) in [5.74, 6) is 0.670. The van der Waals surface area contributed by atoms with Gasteiger partial charge in [0.05, 0.1) is 0 Å². The minimum atomic E-state index is 0.148. The molecule has 2 aliphatic heterocycles. The molecule has 0 radical (unpaired) electrons. The summed E-state index contributed by atoms with van der Waals surface area (Å²) in [7, 11) is 0. The summed E-state index contributed by atoms with van der Waals surface area (Å²) < 4.78 is 0. The van der Waals surface area contributed by atoms with Crippen LogP contribution in [0.2, 0.25) is 0 Å². The second-order valence-electron chi connectivity index (χ2n) is 6.71. The quantitative estimate of drug-likeness (QED) is 0.842. The van der Waals surface area contributed by atoms with Crippen molar-refractivity contribution in [3.8, 4) is 0 Å². The molecule has 1 aromatic carbocycles. The Bertz CT molecular complexity index is 616. The number of rotatable bonds is 2. The number of carbonyl (C=O) groups is 2. The summed E-state index contributed by atoms with van der Waals surface area (Å²) in [5.41, 5.74) is 2.95. The van der Waals surface area contributed by atoms with Crippen molar-refractivity contribution in [1.82, 2.24) is 4.90 Å². The molecule has 1 saturated heterocycles. The van der Waals surface area contributed by atoms with Gasteiger partial charge in [0, 0.05) is 36.8 Å².